The zero-order valence-electron chi connectivity index (χ0n) is 12.2. The Morgan fingerprint density at radius 1 is 1.24 bits per heavy atom. The van der Waals surface area contributed by atoms with Gasteiger partial charge >= 0.3 is 0 Å². The van der Waals surface area contributed by atoms with Crippen LogP contribution in [0.1, 0.15) is 21.5 Å². The zero-order chi connectivity index (χ0) is 15.6. The van der Waals surface area contributed by atoms with E-state index in [1.54, 1.807) is 24.3 Å². The molecule has 0 fully saturated rings. The largest absolute Gasteiger partial charge is 0.496 e. The number of hydrogen-bond donors (Lipinski definition) is 2. The standard InChI is InChI=1S/C16H17BrN2O2/c1-9-4-7-13(18)15(10(9)2)19-16(20)12-6-5-11(17)8-14(12)21-3/h4-8H,18H2,1-3H3,(H,19,20). The average molecular weight is 349 g/mol. The fraction of sp³-hybridized carbons (Fsp3) is 0.188. The van der Waals surface area contributed by atoms with Crippen LogP contribution >= 0.6 is 15.9 Å². The number of carbonyl (C=O) groups is 1. The van der Waals surface area contributed by atoms with Crippen molar-refractivity contribution < 1.29 is 9.53 Å². The molecule has 4 nitrogen and oxygen atoms in total. The maximum atomic E-state index is 12.5. The lowest BCUT2D eigenvalue weighted by atomic mass is 10.1. The third kappa shape index (κ3) is 3.19. The highest BCUT2D eigenvalue weighted by atomic mass is 79.9. The lowest BCUT2D eigenvalue weighted by Gasteiger charge is -2.14. The lowest BCUT2D eigenvalue weighted by molar-refractivity contribution is 0.102. The van der Waals surface area contributed by atoms with Crippen LogP contribution in [0, 0.1) is 13.8 Å². The van der Waals surface area contributed by atoms with Gasteiger partial charge in [-0.15, -0.1) is 0 Å². The Balaban J connectivity index is 2.37. The van der Waals surface area contributed by atoms with Crippen molar-refractivity contribution in [1.82, 2.24) is 0 Å². The van der Waals surface area contributed by atoms with Crippen molar-refractivity contribution in [3.63, 3.8) is 0 Å². The van der Waals surface area contributed by atoms with Gasteiger partial charge in [0, 0.05) is 4.47 Å². The van der Waals surface area contributed by atoms with Gasteiger partial charge in [-0.25, -0.2) is 0 Å². The van der Waals surface area contributed by atoms with Crippen molar-refractivity contribution in [3.8, 4) is 5.75 Å². The maximum Gasteiger partial charge on any atom is 0.259 e. The summed E-state index contributed by atoms with van der Waals surface area (Å²) in [4.78, 5) is 12.5. The number of ether oxygens (including phenoxy) is 1. The second kappa shape index (κ2) is 6.18. The number of nitrogens with two attached hydrogens (primary N) is 1. The Morgan fingerprint density at radius 3 is 2.62 bits per heavy atom. The number of benzene rings is 2. The number of methoxy groups -OCH3 is 1. The van der Waals surface area contributed by atoms with Crippen molar-refractivity contribution in [2.75, 3.05) is 18.2 Å². The summed E-state index contributed by atoms with van der Waals surface area (Å²) in [5.74, 6) is 0.255. The zero-order valence-corrected chi connectivity index (χ0v) is 13.7. The number of hydrogen-bond acceptors (Lipinski definition) is 3. The molecule has 0 unspecified atom stereocenters. The van der Waals surface area contributed by atoms with Crippen molar-refractivity contribution in [1.29, 1.82) is 0 Å². The molecule has 0 heterocycles. The van der Waals surface area contributed by atoms with Gasteiger partial charge in [0.2, 0.25) is 0 Å². The number of nitrogen functional groups attached to an aromatic ring is 1. The third-order valence-corrected chi connectivity index (χ3v) is 3.91. The summed E-state index contributed by atoms with van der Waals surface area (Å²) in [6, 6.07) is 8.97. The molecular weight excluding hydrogens is 332 g/mol. The average Bonchev–Trinajstić information content (AvgIpc) is 2.47. The minimum Gasteiger partial charge on any atom is -0.496 e. The summed E-state index contributed by atoms with van der Waals surface area (Å²) in [6.45, 7) is 3.91. The fourth-order valence-electron chi connectivity index (χ4n) is 2.04. The molecule has 0 radical (unpaired) electrons. The van der Waals surface area contributed by atoms with E-state index in [2.05, 4.69) is 21.2 Å². The summed E-state index contributed by atoms with van der Waals surface area (Å²) in [6.07, 6.45) is 0. The Kier molecular flexibility index (Phi) is 4.53. The van der Waals surface area contributed by atoms with Crippen LogP contribution in [0.3, 0.4) is 0 Å². The van der Waals surface area contributed by atoms with E-state index in [0.717, 1.165) is 15.6 Å². The molecule has 0 atom stereocenters. The molecule has 110 valence electrons. The Labute approximate surface area is 132 Å². The number of halogens is 1. The Bertz CT molecular complexity index is 699. The molecule has 21 heavy (non-hydrogen) atoms. The monoisotopic (exact) mass is 348 g/mol. The summed E-state index contributed by atoms with van der Waals surface area (Å²) in [5, 5.41) is 2.87. The highest BCUT2D eigenvalue weighted by molar-refractivity contribution is 9.10. The van der Waals surface area contributed by atoms with Gasteiger partial charge in [0.15, 0.2) is 0 Å². The third-order valence-electron chi connectivity index (χ3n) is 3.41. The summed E-state index contributed by atoms with van der Waals surface area (Å²) in [5.41, 5.74) is 9.63. The van der Waals surface area contributed by atoms with Crippen molar-refractivity contribution in [2.24, 2.45) is 0 Å². The minimum absolute atomic E-state index is 0.250. The Morgan fingerprint density at radius 2 is 1.95 bits per heavy atom. The highest BCUT2D eigenvalue weighted by Gasteiger charge is 2.15. The lowest BCUT2D eigenvalue weighted by Crippen LogP contribution is -2.15. The molecule has 0 saturated carbocycles. The van der Waals surface area contributed by atoms with Gasteiger partial charge in [-0.05, 0) is 49.2 Å². The molecule has 2 rings (SSSR count). The molecule has 0 spiro atoms. The Hall–Kier alpha value is -2.01. The molecular formula is C16H17BrN2O2. The van der Waals surface area contributed by atoms with Gasteiger partial charge < -0.3 is 15.8 Å². The molecule has 0 aliphatic rings. The van der Waals surface area contributed by atoms with Gasteiger partial charge in [0.25, 0.3) is 5.91 Å². The molecule has 0 bridgehead atoms. The van der Waals surface area contributed by atoms with E-state index in [1.807, 2.05) is 19.9 Å². The van der Waals surface area contributed by atoms with Crippen molar-refractivity contribution in [2.45, 2.75) is 13.8 Å². The predicted molar refractivity (Wildman–Crippen MR) is 89.0 cm³/mol. The van der Waals surface area contributed by atoms with Gasteiger partial charge in [-0.3, -0.25) is 4.79 Å². The van der Waals surface area contributed by atoms with Crippen LogP contribution in [0.5, 0.6) is 5.75 Å². The number of amides is 1. The smallest absolute Gasteiger partial charge is 0.259 e. The molecule has 2 aromatic rings. The topological polar surface area (TPSA) is 64.3 Å². The molecule has 0 aliphatic heterocycles. The van der Waals surface area contributed by atoms with Crippen LogP contribution in [0.2, 0.25) is 0 Å². The van der Waals surface area contributed by atoms with Crippen LogP contribution in [0.4, 0.5) is 11.4 Å². The van der Waals surface area contributed by atoms with Crippen molar-refractivity contribution >= 4 is 33.2 Å². The first-order valence-corrected chi connectivity index (χ1v) is 7.24. The van der Waals surface area contributed by atoms with Gasteiger partial charge in [0.1, 0.15) is 5.75 Å². The van der Waals surface area contributed by atoms with E-state index in [0.29, 0.717) is 22.7 Å². The molecule has 1 amide bonds. The molecule has 3 N–H and O–H groups in total. The van der Waals surface area contributed by atoms with E-state index in [9.17, 15) is 4.79 Å². The number of nitrogens with one attached hydrogen (secondary N) is 1. The SMILES string of the molecule is COc1cc(Br)ccc1C(=O)Nc1c(N)ccc(C)c1C. The second-order valence-corrected chi connectivity index (χ2v) is 5.69. The van der Waals surface area contributed by atoms with Crippen LogP contribution < -0.4 is 15.8 Å². The molecule has 0 aliphatic carbocycles. The number of anilines is 2. The van der Waals surface area contributed by atoms with E-state index < -0.39 is 0 Å². The van der Waals surface area contributed by atoms with Crippen LogP contribution in [-0.2, 0) is 0 Å². The van der Waals surface area contributed by atoms with Gasteiger partial charge in [0.05, 0.1) is 24.0 Å². The predicted octanol–water partition coefficient (Wildman–Crippen LogP) is 3.91. The van der Waals surface area contributed by atoms with Crippen LogP contribution in [-0.4, -0.2) is 13.0 Å². The van der Waals surface area contributed by atoms with E-state index in [4.69, 9.17) is 10.5 Å². The first-order valence-electron chi connectivity index (χ1n) is 6.44. The van der Waals surface area contributed by atoms with Crippen molar-refractivity contribution in [3.05, 3.63) is 51.5 Å². The second-order valence-electron chi connectivity index (χ2n) is 4.77. The van der Waals surface area contributed by atoms with E-state index in [-0.39, 0.29) is 5.91 Å². The number of carbonyl (C=O) groups excluding carboxylic acids is 1. The first-order chi connectivity index (χ1) is 9.93. The summed E-state index contributed by atoms with van der Waals surface area (Å²) in [7, 11) is 1.53. The van der Waals surface area contributed by atoms with E-state index >= 15 is 0 Å². The van der Waals surface area contributed by atoms with E-state index in [1.165, 1.54) is 7.11 Å². The van der Waals surface area contributed by atoms with Crippen LogP contribution in [0.25, 0.3) is 0 Å². The fourth-order valence-corrected chi connectivity index (χ4v) is 2.38. The molecule has 5 heteroatoms. The van der Waals surface area contributed by atoms with Crippen LogP contribution in [0.15, 0.2) is 34.8 Å². The van der Waals surface area contributed by atoms with Gasteiger partial charge in [-0.2, -0.15) is 0 Å². The molecule has 0 aromatic heterocycles. The number of rotatable bonds is 3. The normalized spacial score (nSPS) is 10.3. The minimum atomic E-state index is -0.250. The maximum absolute atomic E-state index is 12.5. The summed E-state index contributed by atoms with van der Waals surface area (Å²) >= 11 is 3.35. The quantitative estimate of drug-likeness (QED) is 0.826. The molecule has 0 saturated heterocycles. The number of aryl methyl sites for hydroxylation is 1. The summed E-state index contributed by atoms with van der Waals surface area (Å²) < 4.78 is 6.10. The molecule has 2 aromatic carbocycles. The highest BCUT2D eigenvalue weighted by Crippen LogP contribution is 2.28. The van der Waals surface area contributed by atoms with Gasteiger partial charge in [-0.1, -0.05) is 22.0 Å². The first kappa shape index (κ1) is 15.4.